The average Bonchev–Trinajstić information content (AvgIpc) is 3.18. The highest BCUT2D eigenvalue weighted by Gasteiger charge is 2.36. The number of carbonyl (C=O) groups excluding carboxylic acids is 1. The number of amides is 2. The van der Waals surface area contributed by atoms with E-state index in [9.17, 15) is 4.79 Å². The molecule has 0 spiro atoms. The lowest BCUT2D eigenvalue weighted by Gasteiger charge is -2.47. The number of thiophene rings is 1. The van der Waals surface area contributed by atoms with Gasteiger partial charge in [-0.05, 0) is 57.0 Å². The van der Waals surface area contributed by atoms with Gasteiger partial charge in [0.2, 0.25) is 0 Å². The number of nitrogens with one attached hydrogen (secondary N) is 2. The Labute approximate surface area is 162 Å². The van der Waals surface area contributed by atoms with Crippen LogP contribution in [0.1, 0.15) is 56.7 Å². The number of hydrogen-bond donors (Lipinski definition) is 2. The molecular formula is C19H25N5O2S. The lowest BCUT2D eigenvalue weighted by molar-refractivity contribution is 0.0513. The molecule has 2 aromatic heterocycles. The van der Waals surface area contributed by atoms with Crippen molar-refractivity contribution < 1.29 is 9.32 Å². The second-order valence-electron chi connectivity index (χ2n) is 8.07. The van der Waals surface area contributed by atoms with Gasteiger partial charge < -0.3 is 20.1 Å². The van der Waals surface area contributed by atoms with E-state index in [-0.39, 0.29) is 12.1 Å². The third-order valence-corrected chi connectivity index (χ3v) is 7.07. The predicted octanol–water partition coefficient (Wildman–Crippen LogP) is 3.81. The third-order valence-electron chi connectivity index (χ3n) is 6.17. The molecule has 0 radical (unpaired) electrons. The molecule has 7 nitrogen and oxygen atoms in total. The van der Waals surface area contributed by atoms with Gasteiger partial charge in [0.15, 0.2) is 5.82 Å². The highest BCUT2D eigenvalue weighted by atomic mass is 32.1. The summed E-state index contributed by atoms with van der Waals surface area (Å²) in [5, 5.41) is 12.2. The maximum Gasteiger partial charge on any atom is 0.319 e. The molecule has 2 aromatic rings. The molecule has 2 aliphatic heterocycles. The summed E-state index contributed by atoms with van der Waals surface area (Å²) >= 11 is 1.50. The van der Waals surface area contributed by atoms with Crippen molar-refractivity contribution in [1.82, 2.24) is 20.4 Å². The van der Waals surface area contributed by atoms with E-state index >= 15 is 0 Å². The van der Waals surface area contributed by atoms with Gasteiger partial charge in [0.25, 0.3) is 5.89 Å². The van der Waals surface area contributed by atoms with Crippen molar-refractivity contribution in [2.24, 2.45) is 0 Å². The summed E-state index contributed by atoms with van der Waals surface area (Å²) in [6, 6.07) is 3.18. The summed E-state index contributed by atoms with van der Waals surface area (Å²) in [5.74, 6) is 1.73. The van der Waals surface area contributed by atoms with E-state index in [1.165, 1.54) is 30.6 Å². The summed E-state index contributed by atoms with van der Waals surface area (Å²) in [7, 11) is 2.22. The maximum absolute atomic E-state index is 12.6. The molecule has 2 bridgehead atoms. The first kappa shape index (κ1) is 17.2. The van der Waals surface area contributed by atoms with Gasteiger partial charge in [0.1, 0.15) is 4.88 Å². The van der Waals surface area contributed by atoms with Crippen LogP contribution in [0.2, 0.25) is 0 Å². The molecule has 3 atom stereocenters. The van der Waals surface area contributed by atoms with Crippen molar-refractivity contribution in [1.29, 1.82) is 0 Å². The number of fused-ring (bicyclic) bond motifs is 2. The zero-order chi connectivity index (χ0) is 18.4. The van der Waals surface area contributed by atoms with Crippen LogP contribution in [-0.2, 0) is 0 Å². The number of urea groups is 1. The molecule has 27 heavy (non-hydrogen) atoms. The van der Waals surface area contributed by atoms with E-state index in [4.69, 9.17) is 4.52 Å². The van der Waals surface area contributed by atoms with Crippen LogP contribution < -0.4 is 10.6 Å². The molecular weight excluding hydrogens is 362 g/mol. The minimum absolute atomic E-state index is 0.149. The maximum atomic E-state index is 12.6. The highest BCUT2D eigenvalue weighted by Crippen LogP contribution is 2.40. The van der Waals surface area contributed by atoms with Gasteiger partial charge in [-0.3, -0.25) is 0 Å². The summed E-state index contributed by atoms with van der Waals surface area (Å²) in [6.45, 7) is 0. The van der Waals surface area contributed by atoms with Crippen molar-refractivity contribution >= 4 is 23.1 Å². The minimum Gasteiger partial charge on any atom is -0.335 e. The Kier molecular flexibility index (Phi) is 4.40. The van der Waals surface area contributed by atoms with Crippen molar-refractivity contribution in [2.45, 2.75) is 69.0 Å². The fraction of sp³-hybridized carbons (Fsp3) is 0.632. The molecule has 8 heteroatoms. The second kappa shape index (κ2) is 6.91. The average molecular weight is 388 g/mol. The van der Waals surface area contributed by atoms with Crippen LogP contribution >= 0.6 is 11.3 Å². The molecule has 3 fully saturated rings. The van der Waals surface area contributed by atoms with Gasteiger partial charge in [-0.15, -0.1) is 11.3 Å². The topological polar surface area (TPSA) is 83.3 Å². The molecule has 1 saturated carbocycles. The number of aromatic nitrogens is 2. The molecule has 2 N–H and O–H groups in total. The second-order valence-corrected chi connectivity index (χ2v) is 8.98. The Balaban J connectivity index is 1.23. The van der Waals surface area contributed by atoms with Gasteiger partial charge in [-0.25, -0.2) is 4.79 Å². The Bertz CT molecular complexity index is 816. The third kappa shape index (κ3) is 3.48. The minimum atomic E-state index is -0.149. The molecule has 2 amide bonds. The SMILES string of the molecule is CN1[C@@H]2CCC[C@H]1CC(NC(=O)Nc1ccsc1-c1nc(C3CC3)no1)C2. The fourth-order valence-electron chi connectivity index (χ4n) is 4.49. The first-order chi connectivity index (χ1) is 13.2. The standard InChI is InChI=1S/C19H25N5O2S/c1-24-13-3-2-4-14(24)10-12(9-13)20-19(25)21-15-7-8-27-16(15)18-22-17(23-26-18)11-5-6-11/h7-8,11-14H,2-6,9-10H2,1H3,(H2,20,21,25)/t12?,13-,14+. The van der Waals surface area contributed by atoms with E-state index in [0.717, 1.165) is 42.1 Å². The van der Waals surface area contributed by atoms with E-state index < -0.39 is 0 Å². The molecule has 1 aliphatic carbocycles. The van der Waals surface area contributed by atoms with Crippen LogP contribution in [0.4, 0.5) is 10.5 Å². The Hall–Kier alpha value is -1.93. The summed E-state index contributed by atoms with van der Waals surface area (Å²) in [6.07, 6.45) is 8.12. The molecule has 3 aliphatic rings. The fourth-order valence-corrected chi connectivity index (χ4v) is 5.26. The Morgan fingerprint density at radius 3 is 2.78 bits per heavy atom. The van der Waals surface area contributed by atoms with Crippen LogP contribution in [0.25, 0.3) is 10.8 Å². The van der Waals surface area contributed by atoms with Crippen LogP contribution in [0.3, 0.4) is 0 Å². The molecule has 5 rings (SSSR count). The van der Waals surface area contributed by atoms with Crippen LogP contribution in [-0.4, -0.2) is 46.2 Å². The van der Waals surface area contributed by atoms with Crippen LogP contribution in [0, 0.1) is 0 Å². The van der Waals surface area contributed by atoms with E-state index in [1.807, 2.05) is 11.4 Å². The smallest absolute Gasteiger partial charge is 0.319 e. The van der Waals surface area contributed by atoms with Crippen molar-refractivity contribution in [2.75, 3.05) is 12.4 Å². The molecule has 2 saturated heterocycles. The quantitative estimate of drug-likeness (QED) is 0.833. The first-order valence-electron chi connectivity index (χ1n) is 9.88. The van der Waals surface area contributed by atoms with Crippen molar-refractivity contribution in [3.63, 3.8) is 0 Å². The van der Waals surface area contributed by atoms with Gasteiger partial charge in [-0.2, -0.15) is 4.98 Å². The van der Waals surface area contributed by atoms with Gasteiger partial charge in [-0.1, -0.05) is 11.6 Å². The summed E-state index contributed by atoms with van der Waals surface area (Å²) in [4.78, 5) is 20.4. The lowest BCUT2D eigenvalue weighted by Crippen LogP contribution is -2.55. The van der Waals surface area contributed by atoms with Crippen LogP contribution in [0.15, 0.2) is 16.0 Å². The first-order valence-corrected chi connectivity index (χ1v) is 10.8. The van der Waals surface area contributed by atoms with Crippen molar-refractivity contribution in [3.05, 3.63) is 17.3 Å². The van der Waals surface area contributed by atoms with Gasteiger partial charge in [0.05, 0.1) is 5.69 Å². The number of hydrogen-bond acceptors (Lipinski definition) is 6. The van der Waals surface area contributed by atoms with Crippen molar-refractivity contribution in [3.8, 4) is 10.8 Å². The lowest BCUT2D eigenvalue weighted by atomic mass is 9.82. The Morgan fingerprint density at radius 1 is 1.26 bits per heavy atom. The molecule has 1 unspecified atom stereocenters. The summed E-state index contributed by atoms with van der Waals surface area (Å²) < 4.78 is 5.42. The molecule has 0 aromatic carbocycles. The normalized spacial score (nSPS) is 28.1. The van der Waals surface area contributed by atoms with Gasteiger partial charge >= 0.3 is 6.03 Å². The monoisotopic (exact) mass is 387 g/mol. The van der Waals surface area contributed by atoms with E-state index in [0.29, 0.717) is 23.9 Å². The highest BCUT2D eigenvalue weighted by molar-refractivity contribution is 7.14. The molecule has 144 valence electrons. The number of carbonyl (C=O) groups is 1. The number of piperidine rings is 2. The number of anilines is 1. The largest absolute Gasteiger partial charge is 0.335 e. The van der Waals surface area contributed by atoms with Gasteiger partial charge in [0, 0.05) is 24.0 Å². The van der Waals surface area contributed by atoms with Crippen LogP contribution in [0.5, 0.6) is 0 Å². The number of rotatable bonds is 4. The summed E-state index contributed by atoms with van der Waals surface area (Å²) in [5.41, 5.74) is 0.733. The number of nitrogens with zero attached hydrogens (tertiary/aromatic N) is 3. The molecule has 4 heterocycles. The zero-order valence-electron chi connectivity index (χ0n) is 15.5. The zero-order valence-corrected chi connectivity index (χ0v) is 16.3. The van der Waals surface area contributed by atoms with E-state index in [2.05, 4.69) is 32.7 Å². The predicted molar refractivity (Wildman–Crippen MR) is 104 cm³/mol. The Morgan fingerprint density at radius 2 is 2.04 bits per heavy atom. The van der Waals surface area contributed by atoms with E-state index in [1.54, 1.807) is 0 Å².